The third-order valence-electron chi connectivity index (χ3n) is 4.30. The monoisotopic (exact) mass is 488 g/mol. The fraction of sp³-hybridized carbons (Fsp3) is 0.600. The van der Waals surface area contributed by atoms with Gasteiger partial charge in [0.1, 0.15) is 0 Å². The lowest BCUT2D eigenvalue weighted by molar-refractivity contribution is -0.119. The SMILES string of the molecule is CCNC(=NCc1ccc(N2CCCCC2=O)cc1)NCCCOCC.I. The van der Waals surface area contributed by atoms with Crippen LogP contribution in [0.15, 0.2) is 29.3 Å². The van der Waals surface area contributed by atoms with Gasteiger partial charge in [-0.3, -0.25) is 4.79 Å². The molecule has 0 aromatic heterocycles. The first-order valence-electron chi connectivity index (χ1n) is 9.73. The Kier molecular flexibility index (Phi) is 12.1. The van der Waals surface area contributed by atoms with Gasteiger partial charge in [-0.15, -0.1) is 24.0 Å². The summed E-state index contributed by atoms with van der Waals surface area (Å²) in [5.41, 5.74) is 2.12. The van der Waals surface area contributed by atoms with E-state index < -0.39 is 0 Å². The van der Waals surface area contributed by atoms with Gasteiger partial charge in [-0.1, -0.05) is 12.1 Å². The van der Waals surface area contributed by atoms with E-state index >= 15 is 0 Å². The molecule has 2 N–H and O–H groups in total. The van der Waals surface area contributed by atoms with Crippen molar-refractivity contribution >= 4 is 41.5 Å². The first-order valence-corrected chi connectivity index (χ1v) is 9.73. The standard InChI is InChI=1S/C20H32N4O2.HI/c1-3-21-20(22-13-7-15-26-4-2)23-16-17-9-11-18(12-10-17)24-14-6-5-8-19(24)25;/h9-12H,3-8,13-16H2,1-2H3,(H2,21,22,23);1H. The van der Waals surface area contributed by atoms with Crippen LogP contribution < -0.4 is 15.5 Å². The number of piperidine rings is 1. The predicted octanol–water partition coefficient (Wildman–Crippen LogP) is 3.30. The van der Waals surface area contributed by atoms with Gasteiger partial charge in [0.15, 0.2) is 5.96 Å². The Morgan fingerprint density at radius 2 is 1.96 bits per heavy atom. The molecule has 1 amide bonds. The average Bonchev–Trinajstić information content (AvgIpc) is 2.67. The minimum absolute atomic E-state index is 0. The molecule has 1 fully saturated rings. The highest BCUT2D eigenvalue weighted by molar-refractivity contribution is 14.0. The second-order valence-electron chi connectivity index (χ2n) is 6.34. The molecule has 6 nitrogen and oxygen atoms in total. The molecule has 7 heteroatoms. The third kappa shape index (κ3) is 8.47. The van der Waals surface area contributed by atoms with Crippen LogP contribution >= 0.6 is 24.0 Å². The Balaban J connectivity index is 0.00000364. The summed E-state index contributed by atoms with van der Waals surface area (Å²) in [7, 11) is 0. The van der Waals surface area contributed by atoms with E-state index in [0.717, 1.165) is 69.3 Å². The highest BCUT2D eigenvalue weighted by atomic mass is 127. The van der Waals surface area contributed by atoms with Crippen molar-refractivity contribution in [2.75, 3.05) is 37.7 Å². The maximum Gasteiger partial charge on any atom is 0.226 e. The summed E-state index contributed by atoms with van der Waals surface area (Å²) < 4.78 is 5.35. The van der Waals surface area contributed by atoms with E-state index in [1.807, 2.05) is 24.0 Å². The van der Waals surface area contributed by atoms with Gasteiger partial charge < -0.3 is 20.3 Å². The van der Waals surface area contributed by atoms with E-state index in [1.54, 1.807) is 0 Å². The topological polar surface area (TPSA) is 66.0 Å². The van der Waals surface area contributed by atoms with Gasteiger partial charge in [0, 0.05) is 45.0 Å². The van der Waals surface area contributed by atoms with E-state index in [2.05, 4.69) is 34.7 Å². The van der Waals surface area contributed by atoms with Gasteiger partial charge in [-0.25, -0.2) is 4.99 Å². The molecule has 0 radical (unpaired) electrons. The second-order valence-corrected chi connectivity index (χ2v) is 6.34. The van der Waals surface area contributed by atoms with Gasteiger partial charge in [0.2, 0.25) is 5.91 Å². The van der Waals surface area contributed by atoms with Gasteiger partial charge in [0.05, 0.1) is 6.54 Å². The summed E-state index contributed by atoms with van der Waals surface area (Å²) in [6.07, 6.45) is 3.70. The number of carbonyl (C=O) groups is 1. The fourth-order valence-electron chi connectivity index (χ4n) is 2.90. The molecule has 0 unspecified atom stereocenters. The first-order chi connectivity index (χ1) is 12.7. The Bertz CT molecular complexity index is 578. The Labute approximate surface area is 180 Å². The molecule has 2 rings (SSSR count). The van der Waals surface area contributed by atoms with E-state index in [4.69, 9.17) is 4.74 Å². The minimum atomic E-state index is 0. The van der Waals surface area contributed by atoms with Gasteiger partial charge >= 0.3 is 0 Å². The van der Waals surface area contributed by atoms with Gasteiger partial charge in [-0.05, 0) is 50.8 Å². The highest BCUT2D eigenvalue weighted by Gasteiger charge is 2.19. The third-order valence-corrected chi connectivity index (χ3v) is 4.30. The normalized spacial score (nSPS) is 14.7. The maximum absolute atomic E-state index is 12.0. The zero-order valence-electron chi connectivity index (χ0n) is 16.5. The summed E-state index contributed by atoms with van der Waals surface area (Å²) in [5.74, 6) is 1.05. The molecule has 27 heavy (non-hydrogen) atoms. The summed E-state index contributed by atoms with van der Waals surface area (Å²) in [5, 5.41) is 6.58. The van der Waals surface area contributed by atoms with Crippen LogP contribution in [0.5, 0.6) is 0 Å². The van der Waals surface area contributed by atoms with Crippen molar-refractivity contribution in [3.8, 4) is 0 Å². The second kappa shape index (κ2) is 13.8. The summed E-state index contributed by atoms with van der Waals surface area (Å²) in [6.45, 7) is 8.68. The molecule has 0 saturated carbocycles. The number of aliphatic imine (C=N–C) groups is 1. The summed E-state index contributed by atoms with van der Waals surface area (Å²) >= 11 is 0. The summed E-state index contributed by atoms with van der Waals surface area (Å²) in [4.78, 5) is 18.5. The zero-order valence-corrected chi connectivity index (χ0v) is 18.8. The number of carbonyl (C=O) groups excluding carboxylic acids is 1. The number of rotatable bonds is 9. The Hall–Kier alpha value is -1.35. The highest BCUT2D eigenvalue weighted by Crippen LogP contribution is 2.21. The number of halogens is 1. The molecule has 0 aliphatic carbocycles. The average molecular weight is 488 g/mol. The minimum Gasteiger partial charge on any atom is -0.382 e. The molecule has 0 atom stereocenters. The van der Waals surface area contributed by atoms with Crippen LogP contribution in [0.25, 0.3) is 0 Å². The predicted molar refractivity (Wildman–Crippen MR) is 122 cm³/mol. The molecule has 1 aromatic carbocycles. The lowest BCUT2D eigenvalue weighted by atomic mass is 10.1. The number of anilines is 1. The molecule has 152 valence electrons. The summed E-state index contributed by atoms with van der Waals surface area (Å²) in [6, 6.07) is 8.16. The van der Waals surface area contributed by atoms with Crippen LogP contribution in [0.2, 0.25) is 0 Å². The molecule has 1 saturated heterocycles. The van der Waals surface area contributed by atoms with E-state index in [-0.39, 0.29) is 29.9 Å². The van der Waals surface area contributed by atoms with Crippen molar-refractivity contribution in [3.63, 3.8) is 0 Å². The van der Waals surface area contributed by atoms with Crippen molar-refractivity contribution in [2.24, 2.45) is 4.99 Å². The van der Waals surface area contributed by atoms with Crippen molar-refractivity contribution in [1.82, 2.24) is 10.6 Å². The lowest BCUT2D eigenvalue weighted by Gasteiger charge is -2.26. The number of amides is 1. The number of hydrogen-bond acceptors (Lipinski definition) is 3. The van der Waals surface area contributed by atoms with Crippen LogP contribution in [0.1, 0.15) is 45.1 Å². The van der Waals surface area contributed by atoms with E-state index in [0.29, 0.717) is 13.0 Å². The fourth-order valence-corrected chi connectivity index (χ4v) is 2.90. The van der Waals surface area contributed by atoms with Crippen LogP contribution in [0, 0.1) is 0 Å². The number of hydrogen-bond donors (Lipinski definition) is 2. The van der Waals surface area contributed by atoms with Gasteiger partial charge in [0.25, 0.3) is 0 Å². The molecule has 1 heterocycles. The number of nitrogens with zero attached hydrogens (tertiary/aromatic N) is 2. The van der Waals surface area contributed by atoms with Crippen LogP contribution in [-0.2, 0) is 16.1 Å². The van der Waals surface area contributed by atoms with Crippen molar-refractivity contribution in [2.45, 2.75) is 46.1 Å². The lowest BCUT2D eigenvalue weighted by Crippen LogP contribution is -2.38. The molecule has 0 spiro atoms. The van der Waals surface area contributed by atoms with Crippen LogP contribution in [0.4, 0.5) is 5.69 Å². The first kappa shape index (κ1) is 23.7. The van der Waals surface area contributed by atoms with Crippen LogP contribution in [-0.4, -0.2) is 44.7 Å². The van der Waals surface area contributed by atoms with Crippen molar-refractivity contribution in [1.29, 1.82) is 0 Å². The number of nitrogens with one attached hydrogen (secondary N) is 2. The maximum atomic E-state index is 12.0. The number of ether oxygens (including phenoxy) is 1. The van der Waals surface area contributed by atoms with Gasteiger partial charge in [-0.2, -0.15) is 0 Å². The molecule has 1 aliphatic heterocycles. The molecule has 1 aromatic rings. The molecule has 0 bridgehead atoms. The van der Waals surface area contributed by atoms with E-state index in [1.165, 1.54) is 0 Å². The molecular formula is C20H33IN4O2. The van der Waals surface area contributed by atoms with E-state index in [9.17, 15) is 4.79 Å². The largest absolute Gasteiger partial charge is 0.382 e. The number of guanidine groups is 1. The van der Waals surface area contributed by atoms with Crippen molar-refractivity contribution in [3.05, 3.63) is 29.8 Å². The number of benzene rings is 1. The Morgan fingerprint density at radius 1 is 1.19 bits per heavy atom. The Morgan fingerprint density at radius 3 is 2.63 bits per heavy atom. The zero-order chi connectivity index (χ0) is 18.6. The van der Waals surface area contributed by atoms with Crippen LogP contribution in [0.3, 0.4) is 0 Å². The molecular weight excluding hydrogens is 455 g/mol. The molecule has 1 aliphatic rings. The smallest absolute Gasteiger partial charge is 0.226 e. The van der Waals surface area contributed by atoms with Crippen molar-refractivity contribution < 1.29 is 9.53 Å². The quantitative estimate of drug-likeness (QED) is 0.242.